The van der Waals surface area contributed by atoms with Crippen molar-refractivity contribution in [2.24, 2.45) is 0 Å². The Hall–Kier alpha value is -3.17. The van der Waals surface area contributed by atoms with Gasteiger partial charge in [-0.2, -0.15) is 0 Å². The molecule has 0 aromatic heterocycles. The summed E-state index contributed by atoms with van der Waals surface area (Å²) in [5.41, 5.74) is 0.668. The molecule has 0 saturated carbocycles. The summed E-state index contributed by atoms with van der Waals surface area (Å²) in [5.74, 6) is -0.538. The summed E-state index contributed by atoms with van der Waals surface area (Å²) >= 11 is 0. The Kier molecular flexibility index (Phi) is 7.30. The van der Waals surface area contributed by atoms with Gasteiger partial charge in [-0.15, -0.1) is 6.58 Å². The van der Waals surface area contributed by atoms with Gasteiger partial charge in [-0.25, -0.2) is 17.9 Å². The van der Waals surface area contributed by atoms with E-state index in [0.717, 1.165) is 0 Å². The summed E-state index contributed by atoms with van der Waals surface area (Å²) < 4.78 is 36.4. The number of amides is 1. The predicted molar refractivity (Wildman–Crippen MR) is 104 cm³/mol. The molecule has 0 fully saturated rings. The summed E-state index contributed by atoms with van der Waals surface area (Å²) in [5, 5.41) is 2.67. The molecular weight excluding hydrogens is 384 g/mol. The monoisotopic (exact) mass is 404 g/mol. The number of esters is 1. The van der Waals surface area contributed by atoms with E-state index in [9.17, 15) is 18.0 Å². The Bertz CT molecular complexity index is 955. The Balaban J connectivity index is 2.06. The van der Waals surface area contributed by atoms with Gasteiger partial charge < -0.3 is 14.8 Å². The molecular formula is C19H20N2O6S. The predicted octanol–water partition coefficient (Wildman–Crippen LogP) is 1.96. The van der Waals surface area contributed by atoms with E-state index in [-0.39, 0.29) is 23.6 Å². The van der Waals surface area contributed by atoms with Crippen LogP contribution >= 0.6 is 0 Å². The zero-order chi connectivity index (χ0) is 20.6. The number of anilines is 1. The van der Waals surface area contributed by atoms with Crippen LogP contribution in [0.15, 0.2) is 66.1 Å². The number of hydrogen-bond acceptors (Lipinski definition) is 6. The van der Waals surface area contributed by atoms with E-state index in [1.54, 1.807) is 24.3 Å². The lowest BCUT2D eigenvalue weighted by Crippen LogP contribution is -2.24. The molecule has 2 N–H and O–H groups in total. The molecule has 2 rings (SSSR count). The first-order chi connectivity index (χ1) is 13.4. The van der Waals surface area contributed by atoms with E-state index in [0.29, 0.717) is 11.4 Å². The highest BCUT2D eigenvalue weighted by Gasteiger charge is 2.15. The Labute approximate surface area is 163 Å². The van der Waals surface area contributed by atoms with Crippen molar-refractivity contribution in [2.75, 3.05) is 25.6 Å². The fraction of sp³-hybridized carbons (Fsp3) is 0.158. The van der Waals surface area contributed by atoms with Crippen LogP contribution in [0, 0.1) is 0 Å². The largest absolute Gasteiger partial charge is 0.482 e. The van der Waals surface area contributed by atoms with Crippen LogP contribution in [0.3, 0.4) is 0 Å². The summed E-state index contributed by atoms with van der Waals surface area (Å²) in [6.07, 6.45) is 1.42. The lowest BCUT2D eigenvalue weighted by atomic mass is 10.2. The topological polar surface area (TPSA) is 111 Å². The van der Waals surface area contributed by atoms with E-state index in [1.807, 2.05) is 0 Å². The molecule has 8 nitrogen and oxygen atoms in total. The number of hydrogen-bond donors (Lipinski definition) is 2. The maximum Gasteiger partial charge on any atom is 0.343 e. The van der Waals surface area contributed by atoms with E-state index in [4.69, 9.17) is 4.74 Å². The molecule has 148 valence electrons. The average Bonchev–Trinajstić information content (AvgIpc) is 2.71. The second kappa shape index (κ2) is 9.67. The van der Waals surface area contributed by atoms with E-state index < -0.39 is 21.9 Å². The number of methoxy groups -OCH3 is 1. The number of sulfonamides is 1. The third-order valence-corrected chi connectivity index (χ3v) is 4.94. The minimum Gasteiger partial charge on any atom is -0.482 e. The van der Waals surface area contributed by atoms with Crippen molar-refractivity contribution in [3.8, 4) is 5.75 Å². The first-order valence-electron chi connectivity index (χ1n) is 8.17. The molecule has 2 aromatic rings. The van der Waals surface area contributed by atoms with Crippen molar-refractivity contribution in [3.05, 3.63) is 66.7 Å². The van der Waals surface area contributed by atoms with Gasteiger partial charge in [0.15, 0.2) is 6.61 Å². The van der Waals surface area contributed by atoms with Crippen LogP contribution in [0.4, 0.5) is 5.69 Å². The molecule has 0 aliphatic carbocycles. The van der Waals surface area contributed by atoms with Crippen molar-refractivity contribution < 1.29 is 27.5 Å². The second-order valence-corrected chi connectivity index (χ2v) is 7.28. The van der Waals surface area contributed by atoms with Gasteiger partial charge in [-0.05, 0) is 42.5 Å². The molecule has 0 atom stereocenters. The van der Waals surface area contributed by atoms with Crippen molar-refractivity contribution in [1.82, 2.24) is 4.72 Å². The molecule has 0 unspecified atom stereocenters. The lowest BCUT2D eigenvalue weighted by molar-refractivity contribution is -0.142. The maximum absolute atomic E-state index is 12.4. The highest BCUT2D eigenvalue weighted by atomic mass is 32.2. The van der Waals surface area contributed by atoms with Gasteiger partial charge >= 0.3 is 5.97 Å². The molecule has 1 amide bonds. The minimum absolute atomic E-state index is 0.0199. The number of ether oxygens (including phenoxy) is 2. The van der Waals surface area contributed by atoms with Crippen molar-refractivity contribution >= 4 is 27.6 Å². The lowest BCUT2D eigenvalue weighted by Gasteiger charge is -2.09. The summed E-state index contributed by atoms with van der Waals surface area (Å²) in [6, 6.07) is 12.0. The van der Waals surface area contributed by atoms with Crippen LogP contribution in [0.2, 0.25) is 0 Å². The summed E-state index contributed by atoms with van der Waals surface area (Å²) in [7, 11) is -2.46. The van der Waals surface area contributed by atoms with Crippen molar-refractivity contribution in [2.45, 2.75) is 4.90 Å². The van der Waals surface area contributed by atoms with Crippen LogP contribution in [0.5, 0.6) is 5.75 Å². The molecule has 0 aliphatic rings. The SMILES string of the molecule is C=CCNS(=O)(=O)c1cccc(C(=O)Nc2ccc(OCC(=O)OC)cc2)c1. The molecule has 0 radical (unpaired) electrons. The first-order valence-corrected chi connectivity index (χ1v) is 9.65. The zero-order valence-corrected chi connectivity index (χ0v) is 16.0. The third kappa shape index (κ3) is 5.93. The Morgan fingerprint density at radius 3 is 2.50 bits per heavy atom. The number of carbonyl (C=O) groups excluding carboxylic acids is 2. The summed E-state index contributed by atoms with van der Waals surface area (Å²) in [6.45, 7) is 3.33. The molecule has 0 heterocycles. The van der Waals surface area contributed by atoms with Crippen LogP contribution in [-0.4, -0.2) is 40.6 Å². The maximum atomic E-state index is 12.4. The van der Waals surface area contributed by atoms with Crippen LogP contribution in [-0.2, 0) is 19.6 Å². The van der Waals surface area contributed by atoms with Gasteiger partial charge in [0.05, 0.1) is 12.0 Å². The van der Waals surface area contributed by atoms with Gasteiger partial charge in [-0.1, -0.05) is 12.1 Å². The third-order valence-electron chi connectivity index (χ3n) is 3.52. The fourth-order valence-electron chi connectivity index (χ4n) is 2.10. The molecule has 0 bridgehead atoms. The second-order valence-electron chi connectivity index (χ2n) is 5.51. The molecule has 2 aromatic carbocycles. The normalized spacial score (nSPS) is 10.8. The van der Waals surface area contributed by atoms with Gasteiger partial charge in [0, 0.05) is 17.8 Å². The van der Waals surface area contributed by atoms with Gasteiger partial charge in [0.2, 0.25) is 10.0 Å². The molecule has 9 heteroatoms. The van der Waals surface area contributed by atoms with Gasteiger partial charge in [-0.3, -0.25) is 4.79 Å². The number of carbonyl (C=O) groups is 2. The van der Waals surface area contributed by atoms with Crippen LogP contribution < -0.4 is 14.8 Å². The Morgan fingerprint density at radius 2 is 1.86 bits per heavy atom. The van der Waals surface area contributed by atoms with Gasteiger partial charge in [0.25, 0.3) is 5.91 Å². The molecule has 0 spiro atoms. The van der Waals surface area contributed by atoms with E-state index >= 15 is 0 Å². The minimum atomic E-state index is -3.73. The Morgan fingerprint density at radius 1 is 1.14 bits per heavy atom. The average molecular weight is 404 g/mol. The fourth-order valence-corrected chi connectivity index (χ4v) is 3.14. The highest BCUT2D eigenvalue weighted by molar-refractivity contribution is 7.89. The number of benzene rings is 2. The number of rotatable bonds is 9. The smallest absolute Gasteiger partial charge is 0.343 e. The first kappa shape index (κ1) is 21.1. The van der Waals surface area contributed by atoms with Crippen molar-refractivity contribution in [1.29, 1.82) is 0 Å². The molecule has 0 aliphatic heterocycles. The highest BCUT2D eigenvalue weighted by Crippen LogP contribution is 2.18. The zero-order valence-electron chi connectivity index (χ0n) is 15.2. The van der Waals surface area contributed by atoms with Crippen LogP contribution in [0.1, 0.15) is 10.4 Å². The quantitative estimate of drug-likeness (QED) is 0.488. The summed E-state index contributed by atoms with van der Waals surface area (Å²) in [4.78, 5) is 23.4. The van der Waals surface area contributed by atoms with Gasteiger partial charge in [0.1, 0.15) is 5.75 Å². The van der Waals surface area contributed by atoms with Crippen LogP contribution in [0.25, 0.3) is 0 Å². The van der Waals surface area contributed by atoms with E-state index in [1.165, 1.54) is 37.5 Å². The standard InChI is InChI=1S/C19H20N2O6S/c1-3-11-20-28(24,25)17-6-4-5-14(12-17)19(23)21-15-7-9-16(10-8-15)27-13-18(22)26-2/h3-10,12,20H,1,11,13H2,2H3,(H,21,23). The van der Waals surface area contributed by atoms with Crippen molar-refractivity contribution in [3.63, 3.8) is 0 Å². The molecule has 28 heavy (non-hydrogen) atoms. The van der Waals surface area contributed by atoms with E-state index in [2.05, 4.69) is 21.4 Å². The molecule has 0 saturated heterocycles. The number of nitrogens with one attached hydrogen (secondary N) is 2.